The molecule has 186 valence electrons. The second-order valence-corrected chi connectivity index (χ2v) is 8.14. The molecule has 0 bridgehead atoms. The number of benzene rings is 3. The predicted octanol–water partition coefficient (Wildman–Crippen LogP) is 4.25. The molecule has 36 heavy (non-hydrogen) atoms. The van der Waals surface area contributed by atoms with Crippen molar-refractivity contribution < 1.29 is 23.7 Å². The Bertz CT molecular complexity index is 1450. The molecule has 4 rings (SSSR count). The van der Waals surface area contributed by atoms with Crippen LogP contribution in [0.2, 0.25) is 0 Å². The average molecular weight is 490 g/mol. The highest BCUT2D eigenvalue weighted by molar-refractivity contribution is 5.92. The molecule has 0 unspecified atom stereocenters. The smallest absolute Gasteiger partial charge is 0.262 e. The number of rotatable bonds is 8. The number of anilines is 1. The quantitative estimate of drug-likeness (QED) is 0.381. The number of amides is 1. The molecule has 1 aromatic heterocycles. The van der Waals surface area contributed by atoms with Gasteiger partial charge in [0.15, 0.2) is 6.61 Å². The Kier molecular flexibility index (Phi) is 7.10. The van der Waals surface area contributed by atoms with Gasteiger partial charge in [-0.05, 0) is 61.4 Å². The van der Waals surface area contributed by atoms with Crippen LogP contribution in [0.4, 0.5) is 5.69 Å². The Labute approximate surface area is 208 Å². The van der Waals surface area contributed by atoms with E-state index < -0.39 is 0 Å². The Morgan fingerprint density at radius 3 is 2.19 bits per heavy atom. The molecule has 9 nitrogen and oxygen atoms in total. The molecule has 0 spiro atoms. The minimum atomic E-state index is -0.319. The molecule has 3 aromatic carbocycles. The minimum Gasteiger partial charge on any atom is -0.497 e. The second kappa shape index (κ2) is 10.4. The molecule has 4 aromatic rings. The van der Waals surface area contributed by atoms with Crippen molar-refractivity contribution in [3.05, 3.63) is 70.0 Å². The lowest BCUT2D eigenvalue weighted by molar-refractivity contribution is -0.118. The maximum Gasteiger partial charge on any atom is 0.262 e. The summed E-state index contributed by atoms with van der Waals surface area (Å²) in [6, 6.07) is 14.1. The average Bonchev–Trinajstić information content (AvgIpc) is 2.87. The number of nitrogens with zero attached hydrogens (tertiary/aromatic N) is 1. The van der Waals surface area contributed by atoms with Crippen molar-refractivity contribution >= 4 is 22.5 Å². The van der Waals surface area contributed by atoms with Gasteiger partial charge in [0.1, 0.15) is 34.2 Å². The normalized spacial score (nSPS) is 10.7. The van der Waals surface area contributed by atoms with E-state index in [1.54, 1.807) is 43.5 Å². The van der Waals surface area contributed by atoms with E-state index in [-0.39, 0.29) is 18.1 Å². The molecule has 9 heteroatoms. The van der Waals surface area contributed by atoms with E-state index in [1.165, 1.54) is 14.2 Å². The van der Waals surface area contributed by atoms with Gasteiger partial charge in [0.2, 0.25) is 0 Å². The second-order valence-electron chi connectivity index (χ2n) is 8.14. The molecule has 2 N–H and O–H groups in total. The summed E-state index contributed by atoms with van der Waals surface area (Å²) in [5.41, 5.74) is 3.09. The van der Waals surface area contributed by atoms with Crippen LogP contribution in [-0.4, -0.2) is 43.8 Å². The number of aromatic nitrogens is 2. The first-order valence-electron chi connectivity index (χ1n) is 11.2. The largest absolute Gasteiger partial charge is 0.497 e. The molecular weight excluding hydrogens is 462 g/mol. The maximum atomic E-state index is 12.9. The molecule has 0 aliphatic carbocycles. The third-order valence-corrected chi connectivity index (χ3v) is 5.66. The fourth-order valence-corrected chi connectivity index (χ4v) is 3.95. The van der Waals surface area contributed by atoms with Gasteiger partial charge in [0.05, 0.1) is 26.8 Å². The highest BCUT2D eigenvalue weighted by atomic mass is 16.5. The molecule has 0 atom stereocenters. The van der Waals surface area contributed by atoms with Crippen LogP contribution in [0.3, 0.4) is 0 Å². The zero-order valence-corrected chi connectivity index (χ0v) is 20.7. The van der Waals surface area contributed by atoms with Crippen molar-refractivity contribution in [2.75, 3.05) is 33.3 Å². The Balaban J connectivity index is 1.56. The van der Waals surface area contributed by atoms with Gasteiger partial charge in [-0.15, -0.1) is 0 Å². The fourth-order valence-electron chi connectivity index (χ4n) is 3.95. The lowest BCUT2D eigenvalue weighted by atomic mass is 10.0. The van der Waals surface area contributed by atoms with Crippen LogP contribution >= 0.6 is 0 Å². The summed E-state index contributed by atoms with van der Waals surface area (Å²) in [5.74, 6) is 2.33. The number of hydrogen-bond acceptors (Lipinski definition) is 7. The Hall–Kier alpha value is -4.53. The van der Waals surface area contributed by atoms with Crippen LogP contribution in [-0.2, 0) is 4.79 Å². The zero-order valence-electron chi connectivity index (χ0n) is 20.7. The van der Waals surface area contributed by atoms with Gasteiger partial charge in [-0.25, -0.2) is 4.98 Å². The number of fused-ring (bicyclic) bond motifs is 1. The van der Waals surface area contributed by atoms with E-state index in [9.17, 15) is 9.59 Å². The Morgan fingerprint density at radius 2 is 1.58 bits per heavy atom. The summed E-state index contributed by atoms with van der Waals surface area (Å²) in [5, 5.41) is 3.14. The maximum absolute atomic E-state index is 12.9. The van der Waals surface area contributed by atoms with Crippen molar-refractivity contribution in [2.24, 2.45) is 0 Å². The molecule has 0 radical (unpaired) electrons. The van der Waals surface area contributed by atoms with E-state index in [0.717, 1.165) is 11.1 Å². The zero-order chi connectivity index (χ0) is 25.8. The summed E-state index contributed by atoms with van der Waals surface area (Å²) in [4.78, 5) is 32.7. The third-order valence-electron chi connectivity index (χ3n) is 5.66. The number of methoxy groups -OCH3 is 3. The van der Waals surface area contributed by atoms with Gasteiger partial charge in [-0.2, -0.15) is 0 Å². The van der Waals surface area contributed by atoms with Crippen LogP contribution in [0.15, 0.2) is 53.3 Å². The predicted molar refractivity (Wildman–Crippen MR) is 137 cm³/mol. The summed E-state index contributed by atoms with van der Waals surface area (Å²) < 4.78 is 21.6. The summed E-state index contributed by atoms with van der Waals surface area (Å²) >= 11 is 0. The van der Waals surface area contributed by atoms with E-state index in [4.69, 9.17) is 18.9 Å². The first-order chi connectivity index (χ1) is 17.3. The van der Waals surface area contributed by atoms with Crippen molar-refractivity contribution in [1.82, 2.24) is 9.97 Å². The molecule has 1 heterocycles. The highest BCUT2D eigenvalue weighted by Gasteiger charge is 2.15. The third kappa shape index (κ3) is 5.10. The van der Waals surface area contributed by atoms with Crippen molar-refractivity contribution in [3.63, 3.8) is 0 Å². The van der Waals surface area contributed by atoms with E-state index >= 15 is 0 Å². The fraction of sp³-hybridized carbons (Fsp3) is 0.222. The standard InChI is InChI=1S/C27H27N3O6/c1-15-10-17(26-29-21-12-20(34-4)13-22(35-5)24(21)27(32)30-26)11-16(2)25(15)36-14-23(31)28-18-6-8-19(33-3)9-7-18/h6-13H,14H2,1-5H3,(H,28,31)(H,29,30,32). The van der Waals surface area contributed by atoms with E-state index in [0.29, 0.717) is 51.0 Å². The van der Waals surface area contributed by atoms with Gasteiger partial charge >= 0.3 is 0 Å². The van der Waals surface area contributed by atoms with Crippen LogP contribution in [0.25, 0.3) is 22.3 Å². The number of H-pyrrole nitrogens is 1. The number of aromatic amines is 1. The molecule has 0 saturated carbocycles. The first-order valence-corrected chi connectivity index (χ1v) is 11.2. The highest BCUT2D eigenvalue weighted by Crippen LogP contribution is 2.31. The number of nitrogens with one attached hydrogen (secondary N) is 2. The SMILES string of the molecule is COc1ccc(NC(=O)COc2c(C)cc(-c3nc4cc(OC)cc(OC)c4c(=O)[nH]3)cc2C)cc1. The van der Waals surface area contributed by atoms with Gasteiger partial charge in [-0.1, -0.05) is 0 Å². The van der Waals surface area contributed by atoms with Gasteiger partial charge < -0.3 is 29.2 Å². The van der Waals surface area contributed by atoms with Gasteiger partial charge in [-0.3, -0.25) is 9.59 Å². The van der Waals surface area contributed by atoms with Crippen LogP contribution in [0.5, 0.6) is 23.0 Å². The number of carbonyl (C=O) groups excluding carboxylic acids is 1. The number of aryl methyl sites for hydroxylation is 2. The van der Waals surface area contributed by atoms with Crippen LogP contribution < -0.4 is 29.8 Å². The van der Waals surface area contributed by atoms with Crippen molar-refractivity contribution in [3.8, 4) is 34.4 Å². The van der Waals surface area contributed by atoms with E-state index in [2.05, 4.69) is 15.3 Å². The molecule has 0 aliphatic rings. The summed E-state index contributed by atoms with van der Waals surface area (Å²) in [7, 11) is 4.61. The summed E-state index contributed by atoms with van der Waals surface area (Å²) in [6.45, 7) is 3.59. The number of carbonyl (C=O) groups is 1. The lowest BCUT2D eigenvalue weighted by Crippen LogP contribution is -2.20. The Morgan fingerprint density at radius 1 is 0.917 bits per heavy atom. The van der Waals surface area contributed by atoms with Gasteiger partial charge in [0.25, 0.3) is 11.5 Å². The van der Waals surface area contributed by atoms with Crippen molar-refractivity contribution in [2.45, 2.75) is 13.8 Å². The molecule has 0 saturated heterocycles. The number of ether oxygens (including phenoxy) is 4. The van der Waals surface area contributed by atoms with Crippen LogP contribution in [0.1, 0.15) is 11.1 Å². The molecular formula is C27H27N3O6. The monoisotopic (exact) mass is 489 g/mol. The van der Waals surface area contributed by atoms with Crippen LogP contribution in [0, 0.1) is 13.8 Å². The molecule has 0 fully saturated rings. The number of hydrogen-bond donors (Lipinski definition) is 2. The van der Waals surface area contributed by atoms with Crippen molar-refractivity contribution in [1.29, 1.82) is 0 Å². The van der Waals surface area contributed by atoms with Gasteiger partial charge in [0, 0.05) is 23.4 Å². The molecule has 1 amide bonds. The topological polar surface area (TPSA) is 112 Å². The van der Waals surface area contributed by atoms with E-state index in [1.807, 2.05) is 26.0 Å². The summed E-state index contributed by atoms with van der Waals surface area (Å²) in [6.07, 6.45) is 0. The minimum absolute atomic E-state index is 0.155. The molecule has 0 aliphatic heterocycles. The first kappa shape index (κ1) is 24.6. The lowest BCUT2D eigenvalue weighted by Gasteiger charge is -2.14.